The Balaban J connectivity index is 2.07. The Bertz CT molecular complexity index is 435. The first-order valence-corrected chi connectivity index (χ1v) is 5.15. The first-order valence-electron chi connectivity index (χ1n) is 5.15. The van der Waals surface area contributed by atoms with Crippen LogP contribution >= 0.6 is 0 Å². The summed E-state index contributed by atoms with van der Waals surface area (Å²) in [5.41, 5.74) is 1.51. The van der Waals surface area contributed by atoms with Crippen LogP contribution in [-0.2, 0) is 11.3 Å². The van der Waals surface area contributed by atoms with Crippen LogP contribution in [0.4, 0.5) is 0 Å². The van der Waals surface area contributed by atoms with E-state index >= 15 is 0 Å². The van der Waals surface area contributed by atoms with E-state index in [0.717, 1.165) is 13.1 Å². The Hall–Kier alpha value is -2.03. The zero-order valence-electron chi connectivity index (χ0n) is 8.84. The number of carbonyl (C=O) groups is 1. The van der Waals surface area contributed by atoms with E-state index in [1.54, 1.807) is 12.3 Å². The van der Waals surface area contributed by atoms with E-state index < -0.39 is 5.97 Å². The Labute approximate surface area is 94.3 Å². The fourth-order valence-electron chi connectivity index (χ4n) is 1.66. The molecule has 1 aliphatic heterocycles. The molecule has 0 radical (unpaired) electrons. The molecule has 0 atom stereocenters. The lowest BCUT2D eigenvalue weighted by Gasteiger charge is -2.22. The number of hydrogen-bond acceptors (Lipinski definition) is 2. The largest absolute Gasteiger partial charge is 0.478 e. The normalized spacial score (nSPS) is 14.8. The van der Waals surface area contributed by atoms with Crippen LogP contribution in [0.2, 0.25) is 0 Å². The molecule has 0 amide bonds. The molecule has 16 heavy (non-hydrogen) atoms. The zero-order chi connectivity index (χ0) is 11.4. The van der Waals surface area contributed by atoms with E-state index in [1.807, 2.05) is 41.3 Å². The van der Waals surface area contributed by atoms with Crippen molar-refractivity contribution in [2.24, 2.45) is 0 Å². The monoisotopic (exact) mass is 215 g/mol. The van der Waals surface area contributed by atoms with Crippen molar-refractivity contribution in [3.63, 3.8) is 0 Å². The van der Waals surface area contributed by atoms with Gasteiger partial charge in [-0.15, -0.1) is 0 Å². The maximum atomic E-state index is 10.8. The SMILES string of the molecule is O=C(O)C1=CN(Cc2ccccc2)CC=C1. The summed E-state index contributed by atoms with van der Waals surface area (Å²) in [7, 11) is 0. The molecule has 1 aliphatic rings. The van der Waals surface area contributed by atoms with Crippen molar-refractivity contribution in [1.82, 2.24) is 4.90 Å². The molecular weight excluding hydrogens is 202 g/mol. The zero-order valence-corrected chi connectivity index (χ0v) is 8.84. The van der Waals surface area contributed by atoms with Crippen LogP contribution in [0, 0.1) is 0 Å². The number of carboxylic acid groups (broad SMARTS) is 1. The summed E-state index contributed by atoms with van der Waals surface area (Å²) in [6, 6.07) is 10.0. The third-order valence-electron chi connectivity index (χ3n) is 2.43. The molecule has 1 aromatic carbocycles. The van der Waals surface area contributed by atoms with Crippen molar-refractivity contribution >= 4 is 5.97 Å². The number of hydrogen-bond donors (Lipinski definition) is 1. The van der Waals surface area contributed by atoms with Crippen LogP contribution in [0.25, 0.3) is 0 Å². The molecule has 0 bridgehead atoms. The maximum absolute atomic E-state index is 10.8. The van der Waals surface area contributed by atoms with E-state index in [2.05, 4.69) is 0 Å². The second kappa shape index (κ2) is 4.66. The molecular formula is C13H13NO2. The lowest BCUT2D eigenvalue weighted by Crippen LogP contribution is -2.21. The van der Waals surface area contributed by atoms with Crippen molar-refractivity contribution < 1.29 is 9.90 Å². The fourth-order valence-corrected chi connectivity index (χ4v) is 1.66. The van der Waals surface area contributed by atoms with E-state index in [-0.39, 0.29) is 0 Å². The molecule has 3 nitrogen and oxygen atoms in total. The quantitative estimate of drug-likeness (QED) is 0.838. The summed E-state index contributed by atoms with van der Waals surface area (Å²) >= 11 is 0. The van der Waals surface area contributed by atoms with Crippen LogP contribution < -0.4 is 0 Å². The first kappa shape index (κ1) is 10.5. The molecule has 1 aromatic rings. The van der Waals surface area contributed by atoms with Crippen LogP contribution in [0.1, 0.15) is 5.56 Å². The summed E-state index contributed by atoms with van der Waals surface area (Å²) in [4.78, 5) is 12.8. The van der Waals surface area contributed by atoms with Crippen molar-refractivity contribution in [3.05, 3.63) is 59.8 Å². The Morgan fingerprint density at radius 1 is 1.31 bits per heavy atom. The molecule has 0 aromatic heterocycles. The average Bonchev–Trinajstić information content (AvgIpc) is 2.30. The lowest BCUT2D eigenvalue weighted by atomic mass is 10.1. The summed E-state index contributed by atoms with van der Waals surface area (Å²) in [6.07, 6.45) is 5.20. The standard InChI is InChI=1S/C13H13NO2/c15-13(16)12-7-4-8-14(10-12)9-11-5-2-1-3-6-11/h1-7,10H,8-9H2,(H,15,16). The molecule has 0 saturated heterocycles. The number of rotatable bonds is 3. The Kier molecular flexibility index (Phi) is 3.05. The molecule has 3 heteroatoms. The van der Waals surface area contributed by atoms with Crippen LogP contribution in [0.15, 0.2) is 54.3 Å². The minimum absolute atomic E-state index is 0.335. The predicted molar refractivity (Wildman–Crippen MR) is 61.7 cm³/mol. The molecule has 0 saturated carbocycles. The van der Waals surface area contributed by atoms with Crippen LogP contribution in [-0.4, -0.2) is 22.5 Å². The molecule has 1 N–H and O–H groups in total. The smallest absolute Gasteiger partial charge is 0.337 e. The van der Waals surface area contributed by atoms with Gasteiger partial charge >= 0.3 is 5.97 Å². The molecule has 0 fully saturated rings. The Morgan fingerprint density at radius 3 is 2.75 bits per heavy atom. The van der Waals surface area contributed by atoms with Gasteiger partial charge in [-0.2, -0.15) is 0 Å². The van der Waals surface area contributed by atoms with E-state index in [9.17, 15) is 4.79 Å². The van der Waals surface area contributed by atoms with Gasteiger partial charge in [-0.25, -0.2) is 4.79 Å². The summed E-state index contributed by atoms with van der Waals surface area (Å²) < 4.78 is 0. The van der Waals surface area contributed by atoms with Crippen molar-refractivity contribution in [2.75, 3.05) is 6.54 Å². The minimum Gasteiger partial charge on any atom is -0.478 e. The third kappa shape index (κ3) is 2.51. The minimum atomic E-state index is -0.881. The van der Waals surface area contributed by atoms with E-state index in [0.29, 0.717) is 5.57 Å². The Morgan fingerprint density at radius 2 is 2.06 bits per heavy atom. The second-order valence-electron chi connectivity index (χ2n) is 3.71. The number of carboxylic acids is 1. The van der Waals surface area contributed by atoms with Gasteiger partial charge in [-0.3, -0.25) is 0 Å². The van der Waals surface area contributed by atoms with Crippen molar-refractivity contribution in [2.45, 2.75) is 6.54 Å². The predicted octanol–water partition coefficient (Wildman–Crippen LogP) is 2.03. The highest BCUT2D eigenvalue weighted by Crippen LogP contribution is 2.11. The topological polar surface area (TPSA) is 40.5 Å². The maximum Gasteiger partial charge on any atom is 0.337 e. The van der Waals surface area contributed by atoms with Gasteiger partial charge in [0.2, 0.25) is 0 Å². The highest BCUT2D eigenvalue weighted by molar-refractivity contribution is 5.89. The van der Waals surface area contributed by atoms with Crippen LogP contribution in [0.5, 0.6) is 0 Å². The summed E-state index contributed by atoms with van der Waals surface area (Å²) in [5, 5.41) is 8.88. The molecule has 0 spiro atoms. The summed E-state index contributed by atoms with van der Waals surface area (Å²) in [5.74, 6) is -0.881. The van der Waals surface area contributed by atoms with Gasteiger partial charge in [0, 0.05) is 19.3 Å². The lowest BCUT2D eigenvalue weighted by molar-refractivity contribution is -0.132. The fraction of sp³-hybridized carbons (Fsp3) is 0.154. The van der Waals surface area contributed by atoms with E-state index in [1.165, 1.54) is 5.56 Å². The van der Waals surface area contributed by atoms with Gasteiger partial charge in [0.05, 0.1) is 5.57 Å². The third-order valence-corrected chi connectivity index (χ3v) is 2.43. The average molecular weight is 215 g/mol. The number of benzene rings is 1. The molecule has 1 heterocycles. The van der Waals surface area contributed by atoms with Gasteiger partial charge in [0.1, 0.15) is 0 Å². The van der Waals surface area contributed by atoms with Gasteiger partial charge < -0.3 is 10.0 Å². The highest BCUT2D eigenvalue weighted by Gasteiger charge is 2.10. The molecule has 0 unspecified atom stereocenters. The van der Waals surface area contributed by atoms with E-state index in [4.69, 9.17) is 5.11 Å². The molecule has 82 valence electrons. The van der Waals surface area contributed by atoms with Gasteiger partial charge in [-0.05, 0) is 11.6 Å². The number of nitrogens with zero attached hydrogens (tertiary/aromatic N) is 1. The first-order chi connectivity index (χ1) is 7.75. The van der Waals surface area contributed by atoms with Gasteiger partial charge in [0.15, 0.2) is 0 Å². The van der Waals surface area contributed by atoms with Crippen molar-refractivity contribution in [1.29, 1.82) is 0 Å². The number of aliphatic carboxylic acids is 1. The van der Waals surface area contributed by atoms with Gasteiger partial charge in [-0.1, -0.05) is 36.4 Å². The van der Waals surface area contributed by atoms with Crippen molar-refractivity contribution in [3.8, 4) is 0 Å². The highest BCUT2D eigenvalue weighted by atomic mass is 16.4. The second-order valence-corrected chi connectivity index (χ2v) is 3.71. The summed E-state index contributed by atoms with van der Waals surface area (Å²) in [6.45, 7) is 1.49. The molecule has 2 rings (SSSR count). The van der Waals surface area contributed by atoms with Crippen LogP contribution in [0.3, 0.4) is 0 Å². The molecule has 0 aliphatic carbocycles. The van der Waals surface area contributed by atoms with Gasteiger partial charge in [0.25, 0.3) is 0 Å².